The van der Waals surface area contributed by atoms with Crippen LogP contribution in [0.25, 0.3) is 0 Å². The number of nitrogens with two attached hydrogens (primary N) is 1. The minimum atomic E-state index is 0.201. The number of rotatable bonds is 6. The lowest BCUT2D eigenvalue weighted by Crippen LogP contribution is -2.34. The molecule has 3 nitrogen and oxygen atoms in total. The quantitative estimate of drug-likeness (QED) is 0.570. The Morgan fingerprint density at radius 3 is 2.18 bits per heavy atom. The van der Waals surface area contributed by atoms with Crippen LogP contribution in [-0.2, 0) is 0 Å². The molecule has 0 fully saturated rings. The maximum absolute atomic E-state index is 8.86. The fraction of sp³-hybridized carbons (Fsp3) is 1.00. The van der Waals surface area contributed by atoms with Gasteiger partial charge >= 0.3 is 0 Å². The molecule has 68 valence electrons. The second kappa shape index (κ2) is 6.58. The van der Waals surface area contributed by atoms with Crippen molar-refractivity contribution in [2.45, 2.75) is 13.8 Å². The second-order valence-electron chi connectivity index (χ2n) is 2.77. The van der Waals surface area contributed by atoms with Gasteiger partial charge in [0.1, 0.15) is 0 Å². The molecule has 0 aliphatic carbocycles. The molecule has 3 N–H and O–H groups in total. The molecule has 0 aromatic heterocycles. The van der Waals surface area contributed by atoms with Crippen molar-refractivity contribution in [3.63, 3.8) is 0 Å². The maximum Gasteiger partial charge on any atom is 0.0483 e. The van der Waals surface area contributed by atoms with E-state index in [9.17, 15) is 0 Å². The molecule has 0 spiro atoms. The molecule has 0 aromatic rings. The van der Waals surface area contributed by atoms with Gasteiger partial charge in [0.2, 0.25) is 0 Å². The molecule has 0 aliphatic rings. The molecule has 0 heterocycles. The van der Waals surface area contributed by atoms with Gasteiger partial charge in [0, 0.05) is 19.1 Å². The summed E-state index contributed by atoms with van der Waals surface area (Å²) in [5.74, 6) is 0.245. The molecular weight excluding hydrogens is 140 g/mol. The summed E-state index contributed by atoms with van der Waals surface area (Å²) in [6, 6.07) is 0. The molecule has 0 aromatic carbocycles. The third-order valence-corrected chi connectivity index (χ3v) is 2.00. The van der Waals surface area contributed by atoms with E-state index in [0.29, 0.717) is 6.54 Å². The van der Waals surface area contributed by atoms with Gasteiger partial charge in [-0.05, 0) is 19.6 Å². The van der Waals surface area contributed by atoms with Crippen molar-refractivity contribution >= 4 is 0 Å². The van der Waals surface area contributed by atoms with Crippen molar-refractivity contribution in [3.8, 4) is 0 Å². The number of hydrogen-bond acceptors (Lipinski definition) is 3. The standard InChI is InChI=1S/C8H20N2O/c1-3-10(4-2)6-8(5-9)7-11/h8,11H,3-7,9H2,1-2H3. The van der Waals surface area contributed by atoms with Crippen molar-refractivity contribution in [3.05, 3.63) is 0 Å². The van der Waals surface area contributed by atoms with Crippen LogP contribution in [0, 0.1) is 5.92 Å². The molecule has 0 aliphatic heterocycles. The van der Waals surface area contributed by atoms with Gasteiger partial charge in [-0.15, -0.1) is 0 Å². The maximum atomic E-state index is 8.86. The predicted octanol–water partition coefficient (Wildman–Crippen LogP) is -0.105. The average Bonchev–Trinajstić information content (AvgIpc) is 2.07. The first-order valence-corrected chi connectivity index (χ1v) is 4.31. The topological polar surface area (TPSA) is 49.5 Å². The second-order valence-corrected chi connectivity index (χ2v) is 2.77. The summed E-state index contributed by atoms with van der Waals surface area (Å²) in [7, 11) is 0. The van der Waals surface area contributed by atoms with Crippen LogP contribution >= 0.6 is 0 Å². The largest absolute Gasteiger partial charge is 0.396 e. The first-order chi connectivity index (χ1) is 5.28. The Balaban J connectivity index is 3.58. The zero-order valence-corrected chi connectivity index (χ0v) is 7.58. The highest BCUT2D eigenvalue weighted by atomic mass is 16.3. The Bertz CT molecular complexity index is 70.2. The van der Waals surface area contributed by atoms with E-state index in [-0.39, 0.29) is 12.5 Å². The highest BCUT2D eigenvalue weighted by molar-refractivity contribution is 4.63. The van der Waals surface area contributed by atoms with Gasteiger partial charge in [0.05, 0.1) is 0 Å². The molecule has 0 saturated carbocycles. The van der Waals surface area contributed by atoms with Gasteiger partial charge in [0.25, 0.3) is 0 Å². The third-order valence-electron chi connectivity index (χ3n) is 2.00. The third kappa shape index (κ3) is 4.35. The van der Waals surface area contributed by atoms with Crippen LogP contribution in [0.3, 0.4) is 0 Å². The van der Waals surface area contributed by atoms with Crippen LogP contribution in [0.5, 0.6) is 0 Å². The van der Waals surface area contributed by atoms with Crippen LogP contribution in [-0.4, -0.2) is 42.8 Å². The fourth-order valence-electron chi connectivity index (χ4n) is 1.05. The molecular formula is C8H20N2O. The fourth-order valence-corrected chi connectivity index (χ4v) is 1.05. The number of aliphatic hydroxyl groups is 1. The Kier molecular flexibility index (Phi) is 6.51. The lowest BCUT2D eigenvalue weighted by Gasteiger charge is -2.22. The van der Waals surface area contributed by atoms with Gasteiger partial charge in [-0.3, -0.25) is 0 Å². The van der Waals surface area contributed by atoms with E-state index < -0.39 is 0 Å². The molecule has 0 radical (unpaired) electrons. The summed E-state index contributed by atoms with van der Waals surface area (Å²) in [5, 5.41) is 8.86. The highest BCUT2D eigenvalue weighted by Gasteiger charge is 2.08. The molecule has 1 unspecified atom stereocenters. The van der Waals surface area contributed by atoms with Gasteiger partial charge in [0.15, 0.2) is 0 Å². The van der Waals surface area contributed by atoms with Crippen LogP contribution in [0.1, 0.15) is 13.8 Å². The molecule has 0 bridgehead atoms. The van der Waals surface area contributed by atoms with E-state index in [1.165, 1.54) is 0 Å². The monoisotopic (exact) mass is 160 g/mol. The van der Waals surface area contributed by atoms with Crippen molar-refractivity contribution in [2.75, 3.05) is 32.8 Å². The Labute approximate surface area is 69.2 Å². The van der Waals surface area contributed by atoms with E-state index in [2.05, 4.69) is 18.7 Å². The summed E-state index contributed by atoms with van der Waals surface area (Å²) < 4.78 is 0. The summed E-state index contributed by atoms with van der Waals surface area (Å²) in [4.78, 5) is 2.27. The highest BCUT2D eigenvalue weighted by Crippen LogP contribution is 1.97. The van der Waals surface area contributed by atoms with Gasteiger partial charge in [-0.1, -0.05) is 13.8 Å². The number of hydrogen-bond donors (Lipinski definition) is 2. The Morgan fingerprint density at radius 1 is 1.36 bits per heavy atom. The Morgan fingerprint density at radius 2 is 1.91 bits per heavy atom. The minimum absolute atomic E-state index is 0.201. The summed E-state index contributed by atoms with van der Waals surface area (Å²) in [6.45, 7) is 8.00. The van der Waals surface area contributed by atoms with Crippen molar-refractivity contribution < 1.29 is 5.11 Å². The van der Waals surface area contributed by atoms with Crippen molar-refractivity contribution in [2.24, 2.45) is 11.7 Å². The van der Waals surface area contributed by atoms with Crippen molar-refractivity contribution in [1.82, 2.24) is 4.90 Å². The normalized spacial score (nSPS) is 13.9. The number of aliphatic hydroxyl groups excluding tert-OH is 1. The average molecular weight is 160 g/mol. The van der Waals surface area contributed by atoms with E-state index in [4.69, 9.17) is 10.8 Å². The van der Waals surface area contributed by atoms with E-state index in [0.717, 1.165) is 19.6 Å². The Hall–Kier alpha value is -0.120. The van der Waals surface area contributed by atoms with Crippen LogP contribution < -0.4 is 5.73 Å². The van der Waals surface area contributed by atoms with E-state index in [1.807, 2.05) is 0 Å². The zero-order chi connectivity index (χ0) is 8.69. The van der Waals surface area contributed by atoms with Gasteiger partial charge in [-0.25, -0.2) is 0 Å². The van der Waals surface area contributed by atoms with Gasteiger partial charge in [-0.2, -0.15) is 0 Å². The molecule has 3 heteroatoms. The predicted molar refractivity (Wildman–Crippen MR) is 47.4 cm³/mol. The summed E-state index contributed by atoms with van der Waals surface area (Å²) in [5.41, 5.74) is 5.45. The lowest BCUT2D eigenvalue weighted by molar-refractivity contribution is 0.175. The minimum Gasteiger partial charge on any atom is -0.396 e. The molecule has 1 atom stereocenters. The number of nitrogens with zero attached hydrogens (tertiary/aromatic N) is 1. The van der Waals surface area contributed by atoms with Gasteiger partial charge < -0.3 is 15.7 Å². The first-order valence-electron chi connectivity index (χ1n) is 4.31. The van der Waals surface area contributed by atoms with E-state index >= 15 is 0 Å². The van der Waals surface area contributed by atoms with Crippen LogP contribution in [0.4, 0.5) is 0 Å². The summed E-state index contributed by atoms with van der Waals surface area (Å²) in [6.07, 6.45) is 0. The first kappa shape index (κ1) is 10.9. The SMILES string of the molecule is CCN(CC)CC(CN)CO. The van der Waals surface area contributed by atoms with Crippen LogP contribution in [0.15, 0.2) is 0 Å². The van der Waals surface area contributed by atoms with E-state index in [1.54, 1.807) is 0 Å². The molecule has 0 rings (SSSR count). The molecule has 0 saturated heterocycles. The summed E-state index contributed by atoms with van der Waals surface area (Å²) >= 11 is 0. The smallest absolute Gasteiger partial charge is 0.0483 e. The van der Waals surface area contributed by atoms with Crippen LogP contribution in [0.2, 0.25) is 0 Å². The van der Waals surface area contributed by atoms with Crippen molar-refractivity contribution in [1.29, 1.82) is 0 Å². The molecule has 0 amide bonds. The molecule has 11 heavy (non-hydrogen) atoms. The zero-order valence-electron chi connectivity index (χ0n) is 7.58. The lowest BCUT2D eigenvalue weighted by atomic mass is 10.1.